The summed E-state index contributed by atoms with van der Waals surface area (Å²) in [5, 5.41) is 2.39. The second-order valence-corrected chi connectivity index (χ2v) is 13.3. The lowest BCUT2D eigenvalue weighted by molar-refractivity contribution is 1.30. The van der Waals surface area contributed by atoms with Crippen molar-refractivity contribution >= 4 is 27.8 Å². The molecule has 0 saturated heterocycles. The first-order valence-electron chi connectivity index (χ1n) is 18.2. The van der Waals surface area contributed by atoms with Crippen molar-refractivity contribution in [3.05, 3.63) is 224 Å². The third-order valence-corrected chi connectivity index (χ3v) is 10.1. The molecule has 9 aromatic carbocycles. The van der Waals surface area contributed by atoms with Crippen LogP contribution in [0.15, 0.2) is 224 Å². The summed E-state index contributed by atoms with van der Waals surface area (Å²) in [6.07, 6.45) is 0. The van der Waals surface area contributed by atoms with Crippen molar-refractivity contribution in [3.8, 4) is 55.6 Å². The van der Waals surface area contributed by atoms with Crippen LogP contribution in [0.1, 0.15) is 0 Å². The molecule has 0 heterocycles. The highest BCUT2D eigenvalue weighted by atomic mass is 15.1. The zero-order valence-corrected chi connectivity index (χ0v) is 29.3. The van der Waals surface area contributed by atoms with Gasteiger partial charge in [-0.3, -0.25) is 0 Å². The summed E-state index contributed by atoms with van der Waals surface area (Å²) in [6.45, 7) is 0. The molecule has 0 N–H and O–H groups in total. The summed E-state index contributed by atoms with van der Waals surface area (Å²) in [6, 6.07) is 80.9. The van der Waals surface area contributed by atoms with Gasteiger partial charge in [-0.05, 0) is 91.9 Å². The molecule has 9 rings (SSSR count). The predicted molar refractivity (Wildman–Crippen MR) is 226 cm³/mol. The molecule has 1 heteroatoms. The second-order valence-electron chi connectivity index (χ2n) is 13.3. The van der Waals surface area contributed by atoms with Gasteiger partial charge in [0.15, 0.2) is 0 Å². The molecule has 0 aliphatic carbocycles. The van der Waals surface area contributed by atoms with E-state index < -0.39 is 0 Å². The Kier molecular flexibility index (Phi) is 8.66. The molecule has 0 atom stereocenters. The van der Waals surface area contributed by atoms with Gasteiger partial charge in [0.1, 0.15) is 0 Å². The van der Waals surface area contributed by atoms with Crippen LogP contribution in [0.5, 0.6) is 0 Å². The van der Waals surface area contributed by atoms with Crippen molar-refractivity contribution in [1.82, 2.24) is 0 Å². The Bertz CT molecular complexity index is 2510. The van der Waals surface area contributed by atoms with Crippen molar-refractivity contribution < 1.29 is 0 Å². The molecular formula is C52H37N. The summed E-state index contributed by atoms with van der Waals surface area (Å²) >= 11 is 0. The lowest BCUT2D eigenvalue weighted by Gasteiger charge is -2.31. The molecular weight excluding hydrogens is 639 g/mol. The van der Waals surface area contributed by atoms with Gasteiger partial charge in [-0.1, -0.05) is 188 Å². The van der Waals surface area contributed by atoms with E-state index >= 15 is 0 Å². The summed E-state index contributed by atoms with van der Waals surface area (Å²) in [7, 11) is 0. The van der Waals surface area contributed by atoms with Crippen LogP contribution in [0.25, 0.3) is 66.4 Å². The van der Waals surface area contributed by atoms with Crippen LogP contribution in [0.3, 0.4) is 0 Å². The Hall–Kier alpha value is -6.96. The average Bonchev–Trinajstić information content (AvgIpc) is 3.25. The smallest absolute Gasteiger partial charge is 0.0618 e. The van der Waals surface area contributed by atoms with E-state index in [9.17, 15) is 0 Å². The number of hydrogen-bond donors (Lipinski definition) is 0. The average molecular weight is 676 g/mol. The summed E-state index contributed by atoms with van der Waals surface area (Å²) < 4.78 is 0. The van der Waals surface area contributed by atoms with Gasteiger partial charge in [0, 0.05) is 22.3 Å². The van der Waals surface area contributed by atoms with Crippen molar-refractivity contribution in [3.63, 3.8) is 0 Å². The Morgan fingerprint density at radius 1 is 0.226 bits per heavy atom. The van der Waals surface area contributed by atoms with Gasteiger partial charge in [0.2, 0.25) is 0 Å². The molecule has 0 aliphatic heterocycles. The van der Waals surface area contributed by atoms with Gasteiger partial charge in [0.05, 0.1) is 5.69 Å². The second kappa shape index (κ2) is 14.3. The van der Waals surface area contributed by atoms with Gasteiger partial charge in [-0.25, -0.2) is 0 Å². The molecule has 0 aromatic heterocycles. The van der Waals surface area contributed by atoms with Crippen molar-refractivity contribution in [2.24, 2.45) is 0 Å². The lowest BCUT2D eigenvalue weighted by atomic mass is 9.88. The number of fused-ring (bicyclic) bond motifs is 1. The Labute approximate surface area is 311 Å². The fraction of sp³-hybridized carbons (Fsp3) is 0. The van der Waals surface area contributed by atoms with E-state index in [2.05, 4.69) is 229 Å². The fourth-order valence-electron chi connectivity index (χ4n) is 7.43. The fourth-order valence-corrected chi connectivity index (χ4v) is 7.43. The molecule has 0 aliphatic rings. The van der Waals surface area contributed by atoms with E-state index in [1.165, 1.54) is 66.4 Å². The normalized spacial score (nSPS) is 11.0. The molecule has 0 fully saturated rings. The van der Waals surface area contributed by atoms with Crippen LogP contribution in [-0.2, 0) is 0 Å². The maximum absolute atomic E-state index is 2.45. The number of nitrogens with zero attached hydrogens (tertiary/aromatic N) is 1. The molecule has 0 unspecified atom stereocenters. The molecule has 1 nitrogen and oxygen atoms in total. The third kappa shape index (κ3) is 6.42. The highest BCUT2D eigenvalue weighted by Gasteiger charge is 2.23. The molecule has 250 valence electrons. The Balaban J connectivity index is 1.33. The van der Waals surface area contributed by atoms with E-state index in [-0.39, 0.29) is 0 Å². The van der Waals surface area contributed by atoms with Crippen LogP contribution >= 0.6 is 0 Å². The van der Waals surface area contributed by atoms with Crippen molar-refractivity contribution in [2.75, 3.05) is 4.90 Å². The minimum absolute atomic E-state index is 1.09. The van der Waals surface area contributed by atoms with Gasteiger partial charge >= 0.3 is 0 Å². The van der Waals surface area contributed by atoms with E-state index in [0.717, 1.165) is 17.1 Å². The summed E-state index contributed by atoms with van der Waals surface area (Å²) in [5.41, 5.74) is 15.2. The highest BCUT2D eigenvalue weighted by molar-refractivity contribution is 6.13. The molecule has 0 saturated carbocycles. The van der Waals surface area contributed by atoms with E-state index in [1.807, 2.05) is 0 Å². The molecule has 9 aromatic rings. The number of rotatable bonds is 8. The zero-order chi connectivity index (χ0) is 35.4. The molecule has 0 radical (unpaired) electrons. The van der Waals surface area contributed by atoms with Gasteiger partial charge in [0.25, 0.3) is 0 Å². The minimum Gasteiger partial charge on any atom is -0.309 e. The van der Waals surface area contributed by atoms with E-state index in [0.29, 0.717) is 0 Å². The van der Waals surface area contributed by atoms with Crippen LogP contribution in [-0.4, -0.2) is 0 Å². The summed E-state index contributed by atoms with van der Waals surface area (Å²) in [4.78, 5) is 2.45. The number of hydrogen-bond acceptors (Lipinski definition) is 1. The molecule has 0 amide bonds. The SMILES string of the molecule is c1ccc(-c2ccc(N(c3ccc(-c4ccccc4)cc3)c3c(-c4ccccc4)cc(-c4ccccc4)c4cc(-c5ccccc5)ccc34)cc2)cc1. The largest absolute Gasteiger partial charge is 0.309 e. The predicted octanol–water partition coefficient (Wildman–Crippen LogP) is 14.6. The first kappa shape index (κ1) is 32.0. The van der Waals surface area contributed by atoms with Crippen LogP contribution in [0, 0.1) is 0 Å². The number of benzene rings is 9. The van der Waals surface area contributed by atoms with Gasteiger partial charge < -0.3 is 4.90 Å². The molecule has 53 heavy (non-hydrogen) atoms. The molecule has 0 spiro atoms. The van der Waals surface area contributed by atoms with Crippen molar-refractivity contribution in [1.29, 1.82) is 0 Å². The zero-order valence-electron chi connectivity index (χ0n) is 29.3. The minimum atomic E-state index is 1.09. The van der Waals surface area contributed by atoms with Crippen molar-refractivity contribution in [2.45, 2.75) is 0 Å². The monoisotopic (exact) mass is 675 g/mol. The standard InChI is InChI=1S/C52H37N/c1-6-16-38(17-7-1)41-26-31-46(32-27-41)53(47-33-28-42(29-34-47)39-18-8-2-9-19-39)52-48-35-30-45(40-20-10-3-11-21-40)36-51(48)49(43-22-12-4-13-23-43)37-50(52)44-24-14-5-15-25-44/h1-37H. The maximum atomic E-state index is 2.45. The number of anilines is 3. The topological polar surface area (TPSA) is 3.24 Å². The maximum Gasteiger partial charge on any atom is 0.0618 e. The quantitative estimate of drug-likeness (QED) is 0.155. The Morgan fingerprint density at radius 2 is 0.566 bits per heavy atom. The van der Waals surface area contributed by atoms with Gasteiger partial charge in [-0.2, -0.15) is 0 Å². The first-order chi connectivity index (χ1) is 26.3. The van der Waals surface area contributed by atoms with Gasteiger partial charge in [-0.15, -0.1) is 0 Å². The van der Waals surface area contributed by atoms with E-state index in [1.54, 1.807) is 0 Å². The molecule has 0 bridgehead atoms. The van der Waals surface area contributed by atoms with Crippen LogP contribution in [0.4, 0.5) is 17.1 Å². The third-order valence-electron chi connectivity index (χ3n) is 10.1. The Morgan fingerprint density at radius 3 is 1.00 bits per heavy atom. The van der Waals surface area contributed by atoms with Crippen LogP contribution < -0.4 is 4.90 Å². The lowest BCUT2D eigenvalue weighted by Crippen LogP contribution is -2.12. The summed E-state index contributed by atoms with van der Waals surface area (Å²) in [5.74, 6) is 0. The first-order valence-corrected chi connectivity index (χ1v) is 18.2. The van der Waals surface area contributed by atoms with E-state index in [4.69, 9.17) is 0 Å². The highest BCUT2D eigenvalue weighted by Crippen LogP contribution is 2.49. The van der Waals surface area contributed by atoms with Crippen LogP contribution in [0.2, 0.25) is 0 Å².